The molecule has 4 aromatic rings. The van der Waals surface area contributed by atoms with E-state index in [0.717, 1.165) is 11.3 Å². The number of nitrogens with zero attached hydrogens (tertiary/aromatic N) is 2. The molecule has 0 saturated carbocycles. The highest BCUT2D eigenvalue weighted by atomic mass is 32.1. The Hall–Kier alpha value is -4.46. The van der Waals surface area contributed by atoms with Gasteiger partial charge in [-0.25, -0.2) is 0 Å². The standard InChI is InChI=1S/C27H20F6N4O3S/c1-40-20-9-5-8-16(13-20)24-36-37-25(41-24)35-23(39)21(10-15-6-3-2-4-7-15)34-22(38)17-11-18(26(28,29)30)14-19(12-17)27(31,32)33/h2-9,11-14,21H,10H2,1H3,(H,34,38)(H,35,37,39)/t21-/m1/s1. The van der Waals surface area contributed by atoms with E-state index in [-0.39, 0.29) is 17.6 Å². The molecule has 3 aromatic carbocycles. The molecule has 0 fully saturated rings. The van der Waals surface area contributed by atoms with Gasteiger partial charge in [-0.2, -0.15) is 26.3 Å². The second-order valence-corrected chi connectivity index (χ2v) is 9.62. The topological polar surface area (TPSA) is 93.2 Å². The first kappa shape index (κ1) is 29.5. The van der Waals surface area contributed by atoms with Gasteiger partial charge in [0.25, 0.3) is 5.91 Å². The number of benzene rings is 3. The quantitative estimate of drug-likeness (QED) is 0.236. The Balaban J connectivity index is 1.60. The molecule has 41 heavy (non-hydrogen) atoms. The maximum atomic E-state index is 13.3. The lowest BCUT2D eigenvalue weighted by Crippen LogP contribution is -2.45. The number of anilines is 1. The van der Waals surface area contributed by atoms with Crippen LogP contribution in [0.5, 0.6) is 5.75 Å². The Morgan fingerprint density at radius 2 is 1.54 bits per heavy atom. The number of alkyl halides is 6. The van der Waals surface area contributed by atoms with Gasteiger partial charge in [0, 0.05) is 17.5 Å². The van der Waals surface area contributed by atoms with Gasteiger partial charge in [-0.3, -0.25) is 14.9 Å². The normalized spacial score (nSPS) is 12.5. The molecule has 0 saturated heterocycles. The average Bonchev–Trinajstić information content (AvgIpc) is 3.40. The number of carbonyl (C=O) groups excluding carboxylic acids is 2. The van der Waals surface area contributed by atoms with Gasteiger partial charge in [0.05, 0.1) is 18.2 Å². The molecule has 1 aromatic heterocycles. The number of rotatable bonds is 8. The van der Waals surface area contributed by atoms with E-state index >= 15 is 0 Å². The molecule has 14 heteroatoms. The predicted molar refractivity (Wildman–Crippen MR) is 138 cm³/mol. The van der Waals surface area contributed by atoms with E-state index in [9.17, 15) is 35.9 Å². The summed E-state index contributed by atoms with van der Waals surface area (Å²) in [6.07, 6.45) is -10.4. The number of hydrogen-bond donors (Lipinski definition) is 2. The van der Waals surface area contributed by atoms with Gasteiger partial charge in [0.15, 0.2) is 0 Å². The highest BCUT2D eigenvalue weighted by Crippen LogP contribution is 2.36. The number of carbonyl (C=O) groups is 2. The Bertz CT molecular complexity index is 1510. The minimum Gasteiger partial charge on any atom is -0.497 e. The first-order valence-corrected chi connectivity index (χ1v) is 12.6. The first-order chi connectivity index (χ1) is 19.3. The fraction of sp³-hybridized carbons (Fsp3) is 0.185. The average molecular weight is 595 g/mol. The summed E-state index contributed by atoms with van der Waals surface area (Å²) in [5.41, 5.74) is -2.99. The lowest BCUT2D eigenvalue weighted by atomic mass is 10.0. The maximum Gasteiger partial charge on any atom is 0.416 e. The number of nitrogens with one attached hydrogen (secondary N) is 2. The van der Waals surface area contributed by atoms with Crippen LogP contribution in [0.1, 0.15) is 27.0 Å². The smallest absolute Gasteiger partial charge is 0.416 e. The summed E-state index contributed by atoms with van der Waals surface area (Å²) < 4.78 is 85.0. The van der Waals surface area contributed by atoms with Crippen LogP contribution < -0.4 is 15.4 Å². The molecule has 0 spiro atoms. The highest BCUT2D eigenvalue weighted by molar-refractivity contribution is 7.18. The summed E-state index contributed by atoms with van der Waals surface area (Å²) in [6, 6.07) is 14.4. The van der Waals surface area contributed by atoms with Crippen molar-refractivity contribution in [2.24, 2.45) is 0 Å². The number of halogens is 6. The maximum absolute atomic E-state index is 13.3. The van der Waals surface area contributed by atoms with Gasteiger partial charge in [-0.15, -0.1) is 10.2 Å². The minimum absolute atomic E-state index is 0.0542. The van der Waals surface area contributed by atoms with Gasteiger partial charge in [-0.05, 0) is 35.9 Å². The van der Waals surface area contributed by atoms with E-state index < -0.39 is 46.9 Å². The van der Waals surface area contributed by atoms with Crippen LogP contribution in [-0.2, 0) is 23.6 Å². The van der Waals surface area contributed by atoms with E-state index in [1.165, 1.54) is 7.11 Å². The van der Waals surface area contributed by atoms with E-state index in [4.69, 9.17) is 4.74 Å². The molecule has 0 aliphatic carbocycles. The van der Waals surface area contributed by atoms with Crippen molar-refractivity contribution in [1.29, 1.82) is 0 Å². The molecule has 7 nitrogen and oxygen atoms in total. The molecule has 0 radical (unpaired) electrons. The fourth-order valence-corrected chi connectivity index (χ4v) is 4.47. The van der Waals surface area contributed by atoms with Crippen LogP contribution in [0.25, 0.3) is 10.6 Å². The summed E-state index contributed by atoms with van der Waals surface area (Å²) in [6.45, 7) is 0. The molecule has 2 amide bonds. The van der Waals surface area contributed by atoms with Crippen molar-refractivity contribution in [3.05, 3.63) is 95.1 Å². The van der Waals surface area contributed by atoms with Crippen molar-refractivity contribution in [3.8, 4) is 16.3 Å². The molecule has 0 bridgehead atoms. The monoisotopic (exact) mass is 594 g/mol. The Morgan fingerprint density at radius 3 is 2.15 bits per heavy atom. The van der Waals surface area contributed by atoms with E-state index in [0.29, 0.717) is 34.0 Å². The van der Waals surface area contributed by atoms with Gasteiger partial charge in [0.1, 0.15) is 16.8 Å². The SMILES string of the molecule is COc1cccc(-c2nnc(NC(=O)[C@@H](Cc3ccccc3)NC(=O)c3cc(C(F)(F)F)cc(C(F)(F)F)c3)s2)c1. The van der Waals surface area contributed by atoms with Crippen molar-refractivity contribution in [2.45, 2.75) is 24.8 Å². The molecule has 1 atom stereocenters. The summed E-state index contributed by atoms with van der Waals surface area (Å²) in [5.74, 6) is -1.54. The van der Waals surface area contributed by atoms with Crippen molar-refractivity contribution in [2.75, 3.05) is 12.4 Å². The second kappa shape index (κ2) is 12.0. The predicted octanol–water partition coefficient (Wildman–Crippen LogP) is 6.23. The van der Waals surface area contributed by atoms with Crippen LogP contribution in [0.2, 0.25) is 0 Å². The molecule has 214 valence electrons. The van der Waals surface area contributed by atoms with Gasteiger partial charge < -0.3 is 10.1 Å². The highest BCUT2D eigenvalue weighted by Gasteiger charge is 2.38. The molecule has 0 unspecified atom stereocenters. The summed E-state index contributed by atoms with van der Waals surface area (Å²) >= 11 is 1.01. The number of methoxy groups -OCH3 is 1. The summed E-state index contributed by atoms with van der Waals surface area (Å²) in [7, 11) is 1.50. The van der Waals surface area contributed by atoms with E-state index in [1.807, 2.05) is 0 Å². The summed E-state index contributed by atoms with van der Waals surface area (Å²) in [4.78, 5) is 26.2. The van der Waals surface area contributed by atoms with Crippen molar-refractivity contribution >= 4 is 28.3 Å². The Morgan fingerprint density at radius 1 is 0.878 bits per heavy atom. The zero-order valence-electron chi connectivity index (χ0n) is 21.0. The van der Waals surface area contributed by atoms with E-state index in [1.54, 1.807) is 54.6 Å². The van der Waals surface area contributed by atoms with Crippen molar-refractivity contribution in [3.63, 3.8) is 0 Å². The minimum atomic E-state index is -5.14. The van der Waals surface area contributed by atoms with Crippen LogP contribution in [-0.4, -0.2) is 35.2 Å². The molecular weight excluding hydrogens is 574 g/mol. The first-order valence-electron chi connectivity index (χ1n) is 11.8. The van der Waals surface area contributed by atoms with Crippen LogP contribution in [0.3, 0.4) is 0 Å². The third-order valence-corrected chi connectivity index (χ3v) is 6.61. The summed E-state index contributed by atoms with van der Waals surface area (Å²) in [5, 5.41) is 13.2. The number of amides is 2. The zero-order chi connectivity index (χ0) is 29.8. The zero-order valence-corrected chi connectivity index (χ0v) is 21.8. The van der Waals surface area contributed by atoms with Crippen molar-refractivity contribution in [1.82, 2.24) is 15.5 Å². The molecular formula is C27H20F6N4O3S. The van der Waals surface area contributed by atoms with Crippen LogP contribution in [0, 0.1) is 0 Å². The molecule has 0 aliphatic heterocycles. The largest absolute Gasteiger partial charge is 0.497 e. The Labute approximate surface area is 233 Å². The second-order valence-electron chi connectivity index (χ2n) is 8.64. The molecule has 4 rings (SSSR count). The van der Waals surface area contributed by atoms with E-state index in [2.05, 4.69) is 20.8 Å². The van der Waals surface area contributed by atoms with Crippen LogP contribution >= 0.6 is 11.3 Å². The lowest BCUT2D eigenvalue weighted by Gasteiger charge is -2.19. The third kappa shape index (κ3) is 7.60. The van der Waals surface area contributed by atoms with Crippen LogP contribution in [0.15, 0.2) is 72.8 Å². The number of hydrogen-bond acceptors (Lipinski definition) is 6. The van der Waals surface area contributed by atoms with Gasteiger partial charge in [0.2, 0.25) is 11.0 Å². The third-order valence-electron chi connectivity index (χ3n) is 5.73. The Kier molecular flexibility index (Phi) is 8.61. The van der Waals surface area contributed by atoms with Crippen LogP contribution in [0.4, 0.5) is 31.5 Å². The number of ether oxygens (including phenoxy) is 1. The lowest BCUT2D eigenvalue weighted by molar-refractivity contribution is -0.143. The molecule has 0 aliphatic rings. The fourth-order valence-electron chi connectivity index (χ4n) is 3.73. The van der Waals surface area contributed by atoms with Gasteiger partial charge in [-0.1, -0.05) is 53.8 Å². The van der Waals surface area contributed by atoms with Gasteiger partial charge >= 0.3 is 12.4 Å². The molecule has 2 N–H and O–H groups in total. The number of aromatic nitrogens is 2. The molecule has 1 heterocycles. The van der Waals surface area contributed by atoms with Crippen molar-refractivity contribution < 1.29 is 40.7 Å².